The van der Waals surface area contributed by atoms with Crippen molar-refractivity contribution in [3.63, 3.8) is 0 Å². The molecule has 158 valence electrons. The van der Waals surface area contributed by atoms with E-state index in [-0.39, 0.29) is 0 Å². The third-order valence-corrected chi connectivity index (χ3v) is 4.95. The Bertz CT molecular complexity index is 937. The van der Waals surface area contributed by atoms with Gasteiger partial charge < -0.3 is 20.5 Å². The van der Waals surface area contributed by atoms with Crippen LogP contribution in [0.2, 0.25) is 0 Å². The van der Waals surface area contributed by atoms with Crippen molar-refractivity contribution in [1.82, 2.24) is 0 Å². The number of anilines is 2. The van der Waals surface area contributed by atoms with E-state index in [9.17, 15) is 10.4 Å². The van der Waals surface area contributed by atoms with Gasteiger partial charge in [-0.05, 0) is 70.9 Å². The SMILES string of the molecule is CC(C)(C)N([O-])c1ccccc1-c1cccc(-c2ccccc2N([O-])C(C)(C)C)c1. The Hall–Kier alpha value is -2.82. The summed E-state index contributed by atoms with van der Waals surface area (Å²) in [6, 6.07) is 23.3. The van der Waals surface area contributed by atoms with Gasteiger partial charge in [0.05, 0.1) is 0 Å². The molecule has 0 unspecified atom stereocenters. The number of rotatable bonds is 4. The predicted molar refractivity (Wildman–Crippen MR) is 129 cm³/mol. The second kappa shape index (κ2) is 8.13. The van der Waals surface area contributed by atoms with Gasteiger partial charge in [-0.15, -0.1) is 0 Å². The van der Waals surface area contributed by atoms with Crippen LogP contribution in [0, 0.1) is 10.4 Å². The molecule has 4 heteroatoms. The van der Waals surface area contributed by atoms with Crippen molar-refractivity contribution in [2.45, 2.75) is 52.6 Å². The van der Waals surface area contributed by atoms with Crippen molar-refractivity contribution in [2.24, 2.45) is 0 Å². The lowest BCUT2D eigenvalue weighted by Gasteiger charge is -2.45. The molecule has 0 spiro atoms. The molecule has 3 rings (SSSR count). The van der Waals surface area contributed by atoms with Gasteiger partial charge in [0.25, 0.3) is 0 Å². The molecule has 0 saturated heterocycles. The van der Waals surface area contributed by atoms with E-state index in [1.807, 2.05) is 114 Å². The monoisotopic (exact) mass is 402 g/mol. The zero-order valence-corrected chi connectivity index (χ0v) is 18.6. The Balaban J connectivity index is 2.11. The fraction of sp³-hybridized carbons (Fsp3) is 0.308. The molecule has 0 aromatic heterocycles. The van der Waals surface area contributed by atoms with E-state index in [0.29, 0.717) is 11.4 Å². The van der Waals surface area contributed by atoms with E-state index in [4.69, 9.17) is 0 Å². The van der Waals surface area contributed by atoms with E-state index >= 15 is 0 Å². The van der Waals surface area contributed by atoms with Crippen LogP contribution in [0.4, 0.5) is 11.4 Å². The summed E-state index contributed by atoms with van der Waals surface area (Å²) in [4.78, 5) is 0. The van der Waals surface area contributed by atoms with Crippen molar-refractivity contribution in [3.05, 3.63) is 83.2 Å². The summed E-state index contributed by atoms with van der Waals surface area (Å²) >= 11 is 0. The molecule has 0 aliphatic heterocycles. The smallest absolute Gasteiger partial charge is 0.0342 e. The van der Waals surface area contributed by atoms with Crippen LogP contribution in [0.15, 0.2) is 72.8 Å². The van der Waals surface area contributed by atoms with E-state index < -0.39 is 11.1 Å². The standard InChI is InChI=1S/C26H30N2O2/c1-25(2,3)27(29)23-16-9-7-14-21(23)19-12-11-13-20(18-19)22-15-8-10-17-24(22)28(30)26(4,5)6/h7-18H,1-6H3/q-2. The fourth-order valence-electron chi connectivity index (χ4n) is 3.37. The van der Waals surface area contributed by atoms with Gasteiger partial charge >= 0.3 is 0 Å². The van der Waals surface area contributed by atoms with Crippen LogP contribution in [-0.2, 0) is 0 Å². The summed E-state index contributed by atoms with van der Waals surface area (Å²) in [7, 11) is 0. The van der Waals surface area contributed by atoms with Gasteiger partial charge in [0.2, 0.25) is 0 Å². The van der Waals surface area contributed by atoms with Crippen LogP contribution in [-0.4, -0.2) is 11.1 Å². The van der Waals surface area contributed by atoms with Gasteiger partial charge in [-0.25, -0.2) is 0 Å². The van der Waals surface area contributed by atoms with Gasteiger partial charge in [-0.3, -0.25) is 0 Å². The highest BCUT2D eigenvalue weighted by molar-refractivity contribution is 5.85. The fourth-order valence-corrected chi connectivity index (χ4v) is 3.37. The molecule has 0 bridgehead atoms. The van der Waals surface area contributed by atoms with E-state index in [0.717, 1.165) is 32.4 Å². The van der Waals surface area contributed by atoms with Crippen molar-refractivity contribution in [2.75, 3.05) is 10.1 Å². The minimum absolute atomic E-state index is 0.546. The summed E-state index contributed by atoms with van der Waals surface area (Å²) in [6.45, 7) is 11.4. The Kier molecular flexibility index (Phi) is 5.93. The predicted octanol–water partition coefficient (Wildman–Crippen LogP) is 7.23. The molecule has 4 nitrogen and oxygen atoms in total. The largest absolute Gasteiger partial charge is 0.758 e. The maximum Gasteiger partial charge on any atom is 0.0342 e. The van der Waals surface area contributed by atoms with E-state index in [1.165, 1.54) is 0 Å². The number of para-hydroxylation sites is 2. The summed E-state index contributed by atoms with van der Waals surface area (Å²) in [6.07, 6.45) is 0. The third kappa shape index (κ3) is 4.50. The second-order valence-electron chi connectivity index (χ2n) is 9.55. The van der Waals surface area contributed by atoms with Gasteiger partial charge in [0, 0.05) is 33.6 Å². The Morgan fingerprint density at radius 1 is 0.533 bits per heavy atom. The van der Waals surface area contributed by atoms with Crippen LogP contribution < -0.4 is 10.1 Å². The molecule has 0 radical (unpaired) electrons. The highest BCUT2D eigenvalue weighted by Crippen LogP contribution is 2.38. The zero-order chi connectivity index (χ0) is 22.1. The van der Waals surface area contributed by atoms with Crippen LogP contribution in [0.3, 0.4) is 0 Å². The summed E-state index contributed by atoms with van der Waals surface area (Å²) in [5.74, 6) is 0. The molecule has 0 aliphatic rings. The number of benzene rings is 3. The maximum atomic E-state index is 12.9. The average Bonchev–Trinajstić information content (AvgIpc) is 2.71. The van der Waals surface area contributed by atoms with Gasteiger partial charge in [-0.2, -0.15) is 0 Å². The molecule has 0 amide bonds. The average molecular weight is 403 g/mol. The van der Waals surface area contributed by atoms with Gasteiger partial charge in [0.15, 0.2) is 0 Å². The first kappa shape index (κ1) is 21.9. The molecule has 0 atom stereocenters. The lowest BCUT2D eigenvalue weighted by Crippen LogP contribution is -2.36. The first-order valence-corrected chi connectivity index (χ1v) is 10.2. The lowest BCUT2D eigenvalue weighted by molar-refractivity contribution is 0.557. The Labute approximate surface area is 179 Å². The Morgan fingerprint density at radius 3 is 1.27 bits per heavy atom. The zero-order valence-electron chi connectivity index (χ0n) is 18.6. The second-order valence-corrected chi connectivity index (χ2v) is 9.55. The molecule has 0 N–H and O–H groups in total. The minimum Gasteiger partial charge on any atom is -0.758 e. The maximum absolute atomic E-state index is 12.9. The molecule has 0 aliphatic carbocycles. The molecular weight excluding hydrogens is 372 g/mol. The van der Waals surface area contributed by atoms with Crippen molar-refractivity contribution in [3.8, 4) is 22.3 Å². The van der Waals surface area contributed by atoms with Crippen molar-refractivity contribution < 1.29 is 0 Å². The number of hydrogen-bond acceptors (Lipinski definition) is 4. The normalized spacial score (nSPS) is 12.0. The molecule has 0 heterocycles. The molecule has 0 fully saturated rings. The van der Waals surface area contributed by atoms with Crippen LogP contribution >= 0.6 is 0 Å². The third-order valence-electron chi connectivity index (χ3n) is 4.95. The van der Waals surface area contributed by atoms with Crippen LogP contribution in [0.25, 0.3) is 22.3 Å². The number of nitrogens with zero attached hydrogens (tertiary/aromatic N) is 2. The van der Waals surface area contributed by atoms with E-state index in [1.54, 1.807) is 0 Å². The quantitative estimate of drug-likeness (QED) is 0.432. The molecular formula is C26H30N2O2-2. The molecule has 0 saturated carbocycles. The van der Waals surface area contributed by atoms with E-state index in [2.05, 4.69) is 0 Å². The molecule has 3 aromatic rings. The topological polar surface area (TPSA) is 52.6 Å². The van der Waals surface area contributed by atoms with Crippen LogP contribution in [0.5, 0.6) is 0 Å². The number of hydrogen-bond donors (Lipinski definition) is 0. The van der Waals surface area contributed by atoms with Gasteiger partial charge in [0.1, 0.15) is 0 Å². The van der Waals surface area contributed by atoms with Crippen molar-refractivity contribution >= 4 is 11.4 Å². The summed E-state index contributed by atoms with van der Waals surface area (Å²) in [5.41, 5.74) is 3.80. The van der Waals surface area contributed by atoms with Gasteiger partial charge in [-0.1, -0.05) is 54.6 Å². The summed E-state index contributed by atoms with van der Waals surface area (Å²) < 4.78 is 0. The highest BCUT2D eigenvalue weighted by Gasteiger charge is 2.18. The Morgan fingerprint density at radius 2 is 0.900 bits per heavy atom. The molecule has 30 heavy (non-hydrogen) atoms. The van der Waals surface area contributed by atoms with Crippen LogP contribution in [0.1, 0.15) is 41.5 Å². The first-order valence-electron chi connectivity index (χ1n) is 10.2. The molecule has 3 aromatic carbocycles. The van der Waals surface area contributed by atoms with Crippen molar-refractivity contribution in [1.29, 1.82) is 0 Å². The minimum atomic E-state index is -0.546. The lowest BCUT2D eigenvalue weighted by atomic mass is 9.95. The number of hydroxylamine groups is 2. The first-order chi connectivity index (χ1) is 14.0. The highest BCUT2D eigenvalue weighted by atomic mass is 16.5. The summed E-state index contributed by atoms with van der Waals surface area (Å²) in [5, 5.41) is 28.0.